The zero-order valence-electron chi connectivity index (χ0n) is 12.6. The van der Waals surface area contributed by atoms with Crippen molar-refractivity contribution < 1.29 is 0 Å². The molecule has 1 aromatic rings. The highest BCUT2D eigenvalue weighted by Crippen LogP contribution is 2.60. The summed E-state index contributed by atoms with van der Waals surface area (Å²) in [7, 11) is -0.140. The average molecular weight is 266 g/mol. The number of rotatable bonds is 3. The quantitative estimate of drug-likeness (QED) is 0.836. The van der Waals surface area contributed by atoms with E-state index in [0.717, 1.165) is 11.9 Å². The highest BCUT2D eigenvalue weighted by atomic mass is 31.1. The molecule has 0 aliphatic heterocycles. The van der Waals surface area contributed by atoms with Gasteiger partial charge in [0.1, 0.15) is 0 Å². The molecule has 0 amide bonds. The molecule has 0 atom stereocenters. The predicted molar refractivity (Wildman–Crippen MR) is 82.3 cm³/mol. The second kappa shape index (κ2) is 5.67. The third kappa shape index (κ3) is 4.33. The Morgan fingerprint density at radius 2 is 1.50 bits per heavy atom. The first kappa shape index (κ1) is 15.6. The lowest BCUT2D eigenvalue weighted by atomic mass is 10.2. The first-order valence-corrected chi connectivity index (χ1v) is 8.10. The molecule has 0 radical (unpaired) electrons. The Labute approximate surface area is 113 Å². The second-order valence-electron chi connectivity index (χ2n) is 6.75. The van der Waals surface area contributed by atoms with Crippen LogP contribution in [0.4, 0.5) is 0 Å². The molecule has 2 N–H and O–H groups in total. The van der Waals surface area contributed by atoms with Crippen molar-refractivity contribution in [1.29, 1.82) is 0 Å². The lowest BCUT2D eigenvalue weighted by Crippen LogP contribution is -2.26. The van der Waals surface area contributed by atoms with Crippen LogP contribution in [-0.4, -0.2) is 15.3 Å². The van der Waals surface area contributed by atoms with Crippen molar-refractivity contribution in [3.8, 4) is 0 Å². The third-order valence-corrected chi connectivity index (χ3v) is 6.89. The summed E-state index contributed by atoms with van der Waals surface area (Å²) >= 11 is 0. The van der Waals surface area contributed by atoms with Crippen molar-refractivity contribution in [3.63, 3.8) is 0 Å². The Kier molecular flexibility index (Phi) is 4.91. The summed E-state index contributed by atoms with van der Waals surface area (Å²) in [6.45, 7) is 14.6. The van der Waals surface area contributed by atoms with Crippen LogP contribution >= 0.6 is 7.92 Å². The number of nitrogens with two attached hydrogens (primary N) is 1. The maximum Gasteiger partial charge on any atom is 0.0542 e. The Bertz CT molecular complexity index is 374. The van der Waals surface area contributed by atoms with Crippen LogP contribution in [0.25, 0.3) is 0 Å². The van der Waals surface area contributed by atoms with E-state index in [4.69, 9.17) is 5.73 Å². The second-order valence-corrected chi connectivity index (χ2v) is 10.6. The van der Waals surface area contributed by atoms with Crippen molar-refractivity contribution >= 4 is 7.92 Å². The molecule has 0 aromatic carbocycles. The van der Waals surface area contributed by atoms with Crippen LogP contribution in [0, 0.1) is 0 Å². The van der Waals surface area contributed by atoms with Crippen LogP contribution in [0.3, 0.4) is 0 Å². The predicted octanol–water partition coefficient (Wildman–Crippen LogP) is 4.12. The Hall–Kier alpha value is -0.460. The molecule has 102 valence electrons. The molecular formula is C15H27N2P. The van der Waals surface area contributed by atoms with Crippen molar-refractivity contribution in [2.75, 3.05) is 0 Å². The standard InChI is InChI=1S/C15H27N2P/c1-14(2,3)18(15(4,5)6)11-13-9-7-8-12(10-16)17-13/h7-9H,10-11,16H2,1-6H3. The number of hydrogen-bond donors (Lipinski definition) is 1. The van der Waals surface area contributed by atoms with Gasteiger partial charge in [0.05, 0.1) is 5.69 Å². The van der Waals surface area contributed by atoms with Crippen molar-refractivity contribution in [2.45, 2.75) is 64.6 Å². The fourth-order valence-electron chi connectivity index (χ4n) is 2.37. The van der Waals surface area contributed by atoms with Gasteiger partial charge < -0.3 is 5.73 Å². The minimum atomic E-state index is -0.140. The zero-order chi connectivity index (χ0) is 14.0. The molecule has 1 heterocycles. The Morgan fingerprint density at radius 3 is 1.94 bits per heavy atom. The fraction of sp³-hybridized carbons (Fsp3) is 0.667. The van der Waals surface area contributed by atoms with E-state index in [2.05, 4.69) is 58.7 Å². The van der Waals surface area contributed by atoms with Gasteiger partial charge in [-0.1, -0.05) is 55.5 Å². The summed E-state index contributed by atoms with van der Waals surface area (Å²) in [4.78, 5) is 4.65. The molecular weight excluding hydrogens is 239 g/mol. The van der Waals surface area contributed by atoms with Crippen LogP contribution < -0.4 is 5.73 Å². The lowest BCUT2D eigenvalue weighted by molar-refractivity contribution is 0.701. The topological polar surface area (TPSA) is 38.9 Å². The van der Waals surface area contributed by atoms with E-state index in [-0.39, 0.29) is 7.92 Å². The van der Waals surface area contributed by atoms with E-state index in [1.54, 1.807) is 0 Å². The van der Waals surface area contributed by atoms with Crippen molar-refractivity contribution in [2.24, 2.45) is 5.73 Å². The van der Waals surface area contributed by atoms with Crippen LogP contribution in [0.15, 0.2) is 18.2 Å². The van der Waals surface area contributed by atoms with Crippen LogP contribution in [0.5, 0.6) is 0 Å². The highest BCUT2D eigenvalue weighted by Gasteiger charge is 2.34. The van der Waals surface area contributed by atoms with Gasteiger partial charge in [0, 0.05) is 18.4 Å². The number of pyridine rings is 1. The summed E-state index contributed by atoms with van der Waals surface area (Å²) in [6, 6.07) is 6.20. The van der Waals surface area contributed by atoms with E-state index < -0.39 is 0 Å². The van der Waals surface area contributed by atoms with Gasteiger partial charge in [0.2, 0.25) is 0 Å². The molecule has 0 spiro atoms. The Balaban J connectivity index is 2.97. The summed E-state index contributed by atoms with van der Waals surface area (Å²) in [5.74, 6) is 0. The summed E-state index contributed by atoms with van der Waals surface area (Å²) in [5.41, 5.74) is 7.84. The largest absolute Gasteiger partial charge is 0.325 e. The molecule has 0 saturated heterocycles. The smallest absolute Gasteiger partial charge is 0.0542 e. The molecule has 2 nitrogen and oxygen atoms in total. The van der Waals surface area contributed by atoms with Gasteiger partial charge in [0.25, 0.3) is 0 Å². The van der Waals surface area contributed by atoms with Gasteiger partial charge in [0.15, 0.2) is 0 Å². The van der Waals surface area contributed by atoms with E-state index in [1.165, 1.54) is 5.69 Å². The number of hydrogen-bond acceptors (Lipinski definition) is 2. The number of nitrogens with zero attached hydrogens (tertiary/aromatic N) is 1. The maximum atomic E-state index is 5.66. The molecule has 0 aliphatic rings. The first-order chi connectivity index (χ1) is 8.14. The molecule has 18 heavy (non-hydrogen) atoms. The van der Waals surface area contributed by atoms with Crippen LogP contribution in [-0.2, 0) is 12.7 Å². The SMILES string of the molecule is CC(C)(C)P(Cc1cccc(CN)n1)C(C)(C)C. The molecule has 0 aliphatic carbocycles. The Morgan fingerprint density at radius 1 is 1.00 bits per heavy atom. The number of aromatic nitrogens is 1. The molecule has 0 unspecified atom stereocenters. The summed E-state index contributed by atoms with van der Waals surface area (Å²) in [5, 5.41) is 0.683. The van der Waals surface area contributed by atoms with Gasteiger partial charge >= 0.3 is 0 Å². The van der Waals surface area contributed by atoms with E-state index in [9.17, 15) is 0 Å². The van der Waals surface area contributed by atoms with Crippen LogP contribution in [0.2, 0.25) is 0 Å². The van der Waals surface area contributed by atoms with E-state index >= 15 is 0 Å². The van der Waals surface area contributed by atoms with Gasteiger partial charge in [-0.3, -0.25) is 4.98 Å². The average Bonchev–Trinajstić information content (AvgIpc) is 2.23. The minimum Gasteiger partial charge on any atom is -0.325 e. The molecule has 0 fully saturated rings. The molecule has 1 aromatic heterocycles. The van der Waals surface area contributed by atoms with E-state index in [1.807, 2.05) is 6.07 Å². The third-order valence-electron chi connectivity index (χ3n) is 3.01. The molecule has 0 bridgehead atoms. The summed E-state index contributed by atoms with van der Waals surface area (Å²) in [6.07, 6.45) is 1.08. The normalized spacial score (nSPS) is 13.1. The van der Waals surface area contributed by atoms with Gasteiger partial charge in [-0.15, -0.1) is 0 Å². The fourth-order valence-corrected chi connectivity index (χ4v) is 5.83. The minimum absolute atomic E-state index is 0.140. The van der Waals surface area contributed by atoms with E-state index in [0.29, 0.717) is 16.9 Å². The van der Waals surface area contributed by atoms with Gasteiger partial charge in [-0.25, -0.2) is 0 Å². The molecule has 3 heteroatoms. The van der Waals surface area contributed by atoms with Crippen molar-refractivity contribution in [1.82, 2.24) is 4.98 Å². The van der Waals surface area contributed by atoms with Crippen molar-refractivity contribution in [3.05, 3.63) is 29.6 Å². The zero-order valence-corrected chi connectivity index (χ0v) is 13.5. The highest BCUT2D eigenvalue weighted by molar-refractivity contribution is 7.60. The lowest BCUT2D eigenvalue weighted by Gasteiger charge is -2.41. The summed E-state index contributed by atoms with van der Waals surface area (Å²) < 4.78 is 0. The van der Waals surface area contributed by atoms with Gasteiger partial charge in [-0.2, -0.15) is 0 Å². The van der Waals surface area contributed by atoms with Gasteiger partial charge in [-0.05, 0) is 22.4 Å². The first-order valence-electron chi connectivity index (χ1n) is 6.57. The molecule has 0 saturated carbocycles. The molecule has 1 rings (SSSR count). The van der Waals surface area contributed by atoms with Crippen LogP contribution in [0.1, 0.15) is 52.9 Å². The monoisotopic (exact) mass is 266 g/mol. The maximum absolute atomic E-state index is 5.66.